The highest BCUT2D eigenvalue weighted by atomic mass is 16.3. The van der Waals surface area contributed by atoms with E-state index in [4.69, 9.17) is 14.4 Å². The van der Waals surface area contributed by atoms with Crippen molar-refractivity contribution in [3.05, 3.63) is 218 Å². The van der Waals surface area contributed by atoms with Gasteiger partial charge in [-0.1, -0.05) is 164 Å². The maximum absolute atomic E-state index is 6.59. The van der Waals surface area contributed by atoms with Crippen LogP contribution in [-0.4, -0.2) is 19.1 Å². The molecule has 0 saturated carbocycles. The fraction of sp³-hybridized carbons (Fsp3) is 0. The lowest BCUT2D eigenvalue weighted by molar-refractivity contribution is 0.670. The molecule has 0 radical (unpaired) electrons. The zero-order valence-electron chi connectivity index (χ0n) is 34.0. The first-order valence-electron chi connectivity index (χ1n) is 21.3. The zero-order chi connectivity index (χ0) is 41.4. The van der Waals surface area contributed by atoms with Crippen molar-refractivity contribution in [1.29, 1.82) is 0 Å². The number of rotatable bonds is 6. The first-order valence-corrected chi connectivity index (χ1v) is 21.3. The first kappa shape index (κ1) is 35.2. The lowest BCUT2D eigenvalue weighted by Gasteiger charge is -2.16. The molecule has 5 nitrogen and oxygen atoms in total. The molecule has 13 aromatic rings. The van der Waals surface area contributed by atoms with Crippen LogP contribution in [0.25, 0.3) is 122 Å². The number of aromatic nitrogens is 4. The number of furan rings is 1. The number of fused-ring (bicyclic) bond motifs is 9. The van der Waals surface area contributed by atoms with E-state index in [-0.39, 0.29) is 0 Å². The molecule has 0 aliphatic heterocycles. The fourth-order valence-electron chi connectivity index (χ4n) is 9.88. The summed E-state index contributed by atoms with van der Waals surface area (Å²) in [5.41, 5.74) is 15.4. The van der Waals surface area contributed by atoms with Crippen LogP contribution in [0.5, 0.6) is 0 Å². The van der Waals surface area contributed by atoms with E-state index in [1.54, 1.807) is 0 Å². The molecule has 4 aromatic heterocycles. The molecule has 0 aliphatic carbocycles. The highest BCUT2D eigenvalue weighted by molar-refractivity contribution is 6.24. The van der Waals surface area contributed by atoms with Crippen molar-refractivity contribution in [2.75, 3.05) is 0 Å². The summed E-state index contributed by atoms with van der Waals surface area (Å²) >= 11 is 0. The summed E-state index contributed by atoms with van der Waals surface area (Å²) in [4.78, 5) is 10.9. The van der Waals surface area contributed by atoms with Crippen molar-refractivity contribution in [1.82, 2.24) is 19.1 Å². The van der Waals surface area contributed by atoms with Crippen LogP contribution in [0.4, 0.5) is 0 Å². The number of para-hydroxylation sites is 5. The number of hydrogen-bond acceptors (Lipinski definition) is 3. The molecule has 0 unspecified atom stereocenters. The largest absolute Gasteiger partial charge is 0.455 e. The minimum absolute atomic E-state index is 0.588. The van der Waals surface area contributed by atoms with Crippen LogP contribution in [-0.2, 0) is 0 Å². The van der Waals surface area contributed by atoms with Gasteiger partial charge in [-0.05, 0) is 71.3 Å². The second kappa shape index (κ2) is 14.0. The third-order valence-corrected chi connectivity index (χ3v) is 12.6. The van der Waals surface area contributed by atoms with Crippen molar-refractivity contribution in [2.45, 2.75) is 0 Å². The molecule has 5 heteroatoms. The van der Waals surface area contributed by atoms with Gasteiger partial charge in [0.05, 0.1) is 33.5 Å². The van der Waals surface area contributed by atoms with E-state index in [1.165, 1.54) is 21.9 Å². The Hall–Kier alpha value is -8.54. The summed E-state index contributed by atoms with van der Waals surface area (Å²) < 4.78 is 11.2. The van der Waals surface area contributed by atoms with Crippen LogP contribution in [0.3, 0.4) is 0 Å². The quantitative estimate of drug-likeness (QED) is 0.168. The summed E-state index contributed by atoms with van der Waals surface area (Å²) in [7, 11) is 0. The van der Waals surface area contributed by atoms with Crippen LogP contribution in [0.1, 0.15) is 0 Å². The molecule has 0 fully saturated rings. The second-order valence-corrected chi connectivity index (χ2v) is 16.1. The zero-order valence-corrected chi connectivity index (χ0v) is 34.0. The molecule has 13 rings (SSSR count). The van der Waals surface area contributed by atoms with Gasteiger partial charge in [0.25, 0.3) is 0 Å². The molecule has 0 spiro atoms. The molecule has 0 bridgehead atoms. The molecule has 63 heavy (non-hydrogen) atoms. The first-order chi connectivity index (χ1) is 31.3. The summed E-state index contributed by atoms with van der Waals surface area (Å²) in [6.07, 6.45) is 0. The van der Waals surface area contributed by atoms with E-state index in [0.717, 1.165) is 94.1 Å². The Balaban J connectivity index is 1.14. The van der Waals surface area contributed by atoms with E-state index < -0.39 is 0 Å². The molecule has 9 aromatic carbocycles. The third kappa shape index (κ3) is 5.43. The average Bonchev–Trinajstić information content (AvgIpc) is 4.02. The Bertz CT molecular complexity index is 3900. The predicted molar refractivity (Wildman–Crippen MR) is 260 cm³/mol. The predicted octanol–water partition coefficient (Wildman–Crippen LogP) is 15.2. The average molecular weight is 805 g/mol. The highest BCUT2D eigenvalue weighted by Crippen LogP contribution is 2.48. The summed E-state index contributed by atoms with van der Waals surface area (Å²) in [6.45, 7) is 0. The number of benzene rings is 9. The summed E-state index contributed by atoms with van der Waals surface area (Å²) in [5, 5.41) is 6.82. The Morgan fingerprint density at radius 2 is 0.905 bits per heavy atom. The van der Waals surface area contributed by atoms with Gasteiger partial charge in [0.2, 0.25) is 5.95 Å². The van der Waals surface area contributed by atoms with Gasteiger partial charge in [-0.2, -0.15) is 0 Å². The fourth-order valence-corrected chi connectivity index (χ4v) is 9.88. The van der Waals surface area contributed by atoms with Gasteiger partial charge in [-0.3, -0.25) is 4.57 Å². The van der Waals surface area contributed by atoms with E-state index in [1.807, 2.05) is 18.2 Å². The van der Waals surface area contributed by atoms with E-state index in [2.05, 4.69) is 209 Å². The molecular weight excluding hydrogens is 769 g/mol. The number of nitrogens with zero attached hydrogens (tertiary/aromatic N) is 4. The number of hydrogen-bond donors (Lipinski definition) is 0. The van der Waals surface area contributed by atoms with Crippen molar-refractivity contribution in [2.24, 2.45) is 0 Å². The smallest absolute Gasteiger partial charge is 0.235 e. The Kier molecular flexibility index (Phi) is 7.84. The van der Waals surface area contributed by atoms with Gasteiger partial charge < -0.3 is 8.98 Å². The standard InChI is InChI=1S/C58H36N4O/c1-4-18-37(19-5-1)40-34-35-52-56(45-26-11-13-30-49(45)61(52)39-22-8-3-9-23-39)55(40)46-29-17-32-51-54(46)44-25-10-14-31-50(44)62(51)58-59-47(38-20-6-2-7-21-38)36-48(60-58)43-28-16-27-42-41-24-12-15-33-53(41)63-57(42)43/h1-36H. The minimum atomic E-state index is 0.588. The second-order valence-electron chi connectivity index (χ2n) is 16.1. The van der Waals surface area contributed by atoms with Crippen molar-refractivity contribution in [3.8, 4) is 56.4 Å². The SMILES string of the molecule is c1ccc(-c2cc(-c3cccc4c3oc3ccccc34)nc(-n3c4ccccc4c4c(-c5c(-c6ccccc6)ccc6c5c5ccccc5n6-c5ccccc5)cccc43)n2)cc1. The molecule has 0 amide bonds. The maximum Gasteiger partial charge on any atom is 0.235 e. The summed E-state index contributed by atoms with van der Waals surface area (Å²) in [5.74, 6) is 0.588. The minimum Gasteiger partial charge on any atom is -0.455 e. The Morgan fingerprint density at radius 3 is 1.68 bits per heavy atom. The van der Waals surface area contributed by atoms with Gasteiger partial charge in [0.15, 0.2) is 0 Å². The van der Waals surface area contributed by atoms with Crippen LogP contribution in [0, 0.1) is 0 Å². The van der Waals surface area contributed by atoms with Crippen LogP contribution in [0.15, 0.2) is 223 Å². The topological polar surface area (TPSA) is 48.8 Å². The van der Waals surface area contributed by atoms with Gasteiger partial charge in [0.1, 0.15) is 11.2 Å². The molecule has 0 aliphatic rings. The lowest BCUT2D eigenvalue weighted by Crippen LogP contribution is -2.04. The van der Waals surface area contributed by atoms with Gasteiger partial charge in [-0.25, -0.2) is 9.97 Å². The molecule has 0 saturated heterocycles. The lowest BCUT2D eigenvalue weighted by atomic mass is 9.88. The highest BCUT2D eigenvalue weighted by Gasteiger charge is 2.25. The van der Waals surface area contributed by atoms with Gasteiger partial charge in [0, 0.05) is 54.7 Å². The van der Waals surface area contributed by atoms with Crippen molar-refractivity contribution in [3.63, 3.8) is 0 Å². The monoisotopic (exact) mass is 804 g/mol. The summed E-state index contributed by atoms with van der Waals surface area (Å²) in [6, 6.07) is 77.3. The Labute approximate surface area is 362 Å². The third-order valence-electron chi connectivity index (χ3n) is 12.6. The van der Waals surface area contributed by atoms with E-state index in [9.17, 15) is 0 Å². The van der Waals surface area contributed by atoms with Crippen LogP contribution >= 0.6 is 0 Å². The van der Waals surface area contributed by atoms with Crippen LogP contribution in [0.2, 0.25) is 0 Å². The van der Waals surface area contributed by atoms with Gasteiger partial charge in [-0.15, -0.1) is 0 Å². The molecule has 0 N–H and O–H groups in total. The van der Waals surface area contributed by atoms with Crippen molar-refractivity contribution < 1.29 is 4.42 Å². The van der Waals surface area contributed by atoms with E-state index in [0.29, 0.717) is 5.95 Å². The Morgan fingerprint density at radius 1 is 0.349 bits per heavy atom. The van der Waals surface area contributed by atoms with Crippen molar-refractivity contribution >= 4 is 65.6 Å². The normalized spacial score (nSPS) is 11.8. The van der Waals surface area contributed by atoms with Gasteiger partial charge >= 0.3 is 0 Å². The molecule has 294 valence electrons. The molecule has 0 atom stereocenters. The molecule has 4 heterocycles. The van der Waals surface area contributed by atoms with E-state index >= 15 is 0 Å². The maximum atomic E-state index is 6.59. The van der Waals surface area contributed by atoms with Crippen LogP contribution < -0.4 is 0 Å². The molecular formula is C58H36N4O.